The minimum atomic E-state index is -0.308. The summed E-state index contributed by atoms with van der Waals surface area (Å²) in [5.74, 6) is 0.156. The number of nitrogens with zero attached hydrogens (tertiary/aromatic N) is 5. The van der Waals surface area contributed by atoms with Crippen molar-refractivity contribution in [2.24, 2.45) is 0 Å². The SMILES string of the molecule is CN(Cc1csc(-c2ccccc2)n1)c1nncc(-c2cccc(F)c2)n1. The van der Waals surface area contributed by atoms with E-state index in [4.69, 9.17) is 0 Å². The molecule has 2 aromatic carbocycles. The molecule has 4 rings (SSSR count). The third kappa shape index (κ3) is 3.98. The van der Waals surface area contributed by atoms with Crippen LogP contribution in [-0.2, 0) is 6.54 Å². The summed E-state index contributed by atoms with van der Waals surface area (Å²) < 4.78 is 13.5. The van der Waals surface area contributed by atoms with Gasteiger partial charge in [0, 0.05) is 23.6 Å². The van der Waals surface area contributed by atoms with Crippen molar-refractivity contribution in [3.8, 4) is 21.8 Å². The summed E-state index contributed by atoms with van der Waals surface area (Å²) in [6.07, 6.45) is 1.53. The van der Waals surface area contributed by atoms with Crippen LogP contribution in [0.5, 0.6) is 0 Å². The standard InChI is InChI=1S/C20H16FN5S/c1-26(12-17-13-27-19(23-17)14-6-3-2-4-7-14)20-24-18(11-22-25-20)15-8-5-9-16(21)10-15/h2-11,13H,12H2,1H3. The number of halogens is 1. The number of rotatable bonds is 5. The van der Waals surface area contributed by atoms with Gasteiger partial charge in [-0.1, -0.05) is 42.5 Å². The molecule has 0 spiro atoms. The number of benzene rings is 2. The van der Waals surface area contributed by atoms with Crippen LogP contribution in [0.2, 0.25) is 0 Å². The van der Waals surface area contributed by atoms with Gasteiger partial charge in [0.1, 0.15) is 10.8 Å². The molecule has 0 bridgehead atoms. The van der Waals surface area contributed by atoms with E-state index in [0.717, 1.165) is 16.3 Å². The van der Waals surface area contributed by atoms with Gasteiger partial charge in [0.15, 0.2) is 0 Å². The van der Waals surface area contributed by atoms with E-state index in [1.54, 1.807) is 23.5 Å². The lowest BCUT2D eigenvalue weighted by atomic mass is 10.2. The number of aromatic nitrogens is 4. The highest BCUT2D eigenvalue weighted by Gasteiger charge is 2.11. The van der Waals surface area contributed by atoms with E-state index in [-0.39, 0.29) is 5.82 Å². The first-order chi connectivity index (χ1) is 13.2. The van der Waals surface area contributed by atoms with E-state index < -0.39 is 0 Å². The van der Waals surface area contributed by atoms with Gasteiger partial charge in [-0.3, -0.25) is 0 Å². The minimum Gasteiger partial charge on any atom is -0.337 e. The summed E-state index contributed by atoms with van der Waals surface area (Å²) >= 11 is 1.61. The number of hydrogen-bond donors (Lipinski definition) is 0. The number of thiazole rings is 1. The van der Waals surface area contributed by atoms with Crippen LogP contribution in [0.4, 0.5) is 10.3 Å². The summed E-state index contributed by atoms with van der Waals surface area (Å²) in [6, 6.07) is 16.4. The molecule has 27 heavy (non-hydrogen) atoms. The van der Waals surface area contributed by atoms with E-state index in [2.05, 4.69) is 20.2 Å². The Bertz CT molecular complexity index is 1050. The van der Waals surface area contributed by atoms with Gasteiger partial charge in [-0.25, -0.2) is 14.4 Å². The normalized spacial score (nSPS) is 10.7. The van der Waals surface area contributed by atoms with Crippen molar-refractivity contribution in [2.45, 2.75) is 6.54 Å². The van der Waals surface area contributed by atoms with Crippen LogP contribution < -0.4 is 4.90 Å². The van der Waals surface area contributed by atoms with Crippen molar-refractivity contribution in [2.75, 3.05) is 11.9 Å². The summed E-state index contributed by atoms with van der Waals surface area (Å²) in [5.41, 5.74) is 3.28. The maximum absolute atomic E-state index is 13.5. The molecule has 0 unspecified atom stereocenters. The molecule has 0 aliphatic heterocycles. The molecule has 0 saturated carbocycles. The van der Waals surface area contributed by atoms with Crippen LogP contribution in [0, 0.1) is 5.82 Å². The molecule has 2 heterocycles. The molecule has 5 nitrogen and oxygen atoms in total. The molecule has 0 saturated heterocycles. The third-order valence-electron chi connectivity index (χ3n) is 3.98. The molecule has 0 atom stereocenters. The number of anilines is 1. The van der Waals surface area contributed by atoms with E-state index >= 15 is 0 Å². The third-order valence-corrected chi connectivity index (χ3v) is 4.92. The Morgan fingerprint density at radius 2 is 1.81 bits per heavy atom. The van der Waals surface area contributed by atoms with E-state index in [1.165, 1.54) is 18.3 Å². The monoisotopic (exact) mass is 377 g/mol. The zero-order chi connectivity index (χ0) is 18.6. The molecule has 4 aromatic rings. The topological polar surface area (TPSA) is 54.8 Å². The molecule has 0 aliphatic rings. The van der Waals surface area contributed by atoms with Crippen LogP contribution in [0.25, 0.3) is 21.8 Å². The fourth-order valence-corrected chi connectivity index (χ4v) is 3.47. The van der Waals surface area contributed by atoms with Gasteiger partial charge in [-0.15, -0.1) is 16.4 Å². The molecular weight excluding hydrogens is 361 g/mol. The fourth-order valence-electron chi connectivity index (χ4n) is 2.65. The summed E-state index contributed by atoms with van der Waals surface area (Å²) in [6.45, 7) is 0.553. The van der Waals surface area contributed by atoms with Crippen molar-refractivity contribution in [3.63, 3.8) is 0 Å². The predicted octanol–water partition coefficient (Wildman–Crippen LogP) is 4.44. The van der Waals surface area contributed by atoms with E-state index in [9.17, 15) is 4.39 Å². The minimum absolute atomic E-state index is 0.308. The molecule has 7 heteroatoms. The Morgan fingerprint density at radius 3 is 2.63 bits per heavy atom. The Labute approximate surface area is 160 Å². The highest BCUT2D eigenvalue weighted by molar-refractivity contribution is 7.13. The lowest BCUT2D eigenvalue weighted by Gasteiger charge is -2.15. The van der Waals surface area contributed by atoms with Crippen molar-refractivity contribution in [1.82, 2.24) is 20.2 Å². The van der Waals surface area contributed by atoms with Crippen LogP contribution in [0.3, 0.4) is 0 Å². The Morgan fingerprint density at radius 1 is 1.00 bits per heavy atom. The second-order valence-corrected chi connectivity index (χ2v) is 6.88. The molecule has 0 N–H and O–H groups in total. The lowest BCUT2D eigenvalue weighted by molar-refractivity contribution is 0.628. The highest BCUT2D eigenvalue weighted by atomic mass is 32.1. The Hall–Kier alpha value is -3.19. The second kappa shape index (κ2) is 7.59. The van der Waals surface area contributed by atoms with Gasteiger partial charge in [0.05, 0.1) is 24.1 Å². The highest BCUT2D eigenvalue weighted by Crippen LogP contribution is 2.24. The zero-order valence-corrected chi connectivity index (χ0v) is 15.4. The summed E-state index contributed by atoms with van der Waals surface area (Å²) in [4.78, 5) is 11.1. The smallest absolute Gasteiger partial charge is 0.246 e. The van der Waals surface area contributed by atoms with E-state index in [1.807, 2.05) is 47.7 Å². The van der Waals surface area contributed by atoms with Gasteiger partial charge in [-0.2, -0.15) is 5.10 Å². The van der Waals surface area contributed by atoms with Gasteiger partial charge in [0.25, 0.3) is 0 Å². The Kier molecular flexibility index (Phi) is 4.84. The average molecular weight is 377 g/mol. The first-order valence-electron chi connectivity index (χ1n) is 8.36. The molecule has 0 fully saturated rings. The number of hydrogen-bond acceptors (Lipinski definition) is 6. The van der Waals surface area contributed by atoms with Gasteiger partial charge >= 0.3 is 0 Å². The van der Waals surface area contributed by atoms with Crippen molar-refractivity contribution < 1.29 is 4.39 Å². The van der Waals surface area contributed by atoms with Crippen LogP contribution in [0.15, 0.2) is 66.2 Å². The largest absolute Gasteiger partial charge is 0.337 e. The predicted molar refractivity (Wildman–Crippen MR) is 105 cm³/mol. The molecule has 0 radical (unpaired) electrons. The van der Waals surface area contributed by atoms with Crippen molar-refractivity contribution >= 4 is 17.3 Å². The van der Waals surface area contributed by atoms with Crippen molar-refractivity contribution in [3.05, 3.63) is 77.7 Å². The first kappa shape index (κ1) is 17.2. The molecular formula is C20H16FN5S. The quantitative estimate of drug-likeness (QED) is 0.515. The first-order valence-corrected chi connectivity index (χ1v) is 9.23. The maximum Gasteiger partial charge on any atom is 0.246 e. The van der Waals surface area contributed by atoms with Gasteiger partial charge < -0.3 is 4.90 Å². The van der Waals surface area contributed by atoms with E-state index in [0.29, 0.717) is 23.8 Å². The zero-order valence-electron chi connectivity index (χ0n) is 14.6. The Balaban J connectivity index is 1.53. The van der Waals surface area contributed by atoms with Crippen LogP contribution in [-0.4, -0.2) is 27.2 Å². The molecule has 0 aliphatic carbocycles. The molecule has 134 valence electrons. The fraction of sp³-hybridized carbons (Fsp3) is 0.100. The van der Waals surface area contributed by atoms with Crippen LogP contribution >= 0.6 is 11.3 Å². The molecule has 2 aromatic heterocycles. The lowest BCUT2D eigenvalue weighted by Crippen LogP contribution is -2.20. The average Bonchev–Trinajstić information content (AvgIpc) is 3.17. The maximum atomic E-state index is 13.5. The molecule has 0 amide bonds. The van der Waals surface area contributed by atoms with Gasteiger partial charge in [0.2, 0.25) is 5.95 Å². The summed E-state index contributed by atoms with van der Waals surface area (Å²) in [5, 5.41) is 11.1. The second-order valence-electron chi connectivity index (χ2n) is 6.02. The van der Waals surface area contributed by atoms with Gasteiger partial charge in [-0.05, 0) is 12.1 Å². The van der Waals surface area contributed by atoms with Crippen molar-refractivity contribution in [1.29, 1.82) is 0 Å². The summed E-state index contributed by atoms with van der Waals surface area (Å²) in [7, 11) is 1.88. The van der Waals surface area contributed by atoms with Crippen LogP contribution in [0.1, 0.15) is 5.69 Å².